The molecule has 0 aliphatic carbocycles. The molecule has 82 valence electrons. The van der Waals surface area contributed by atoms with E-state index in [1.165, 1.54) is 0 Å². The summed E-state index contributed by atoms with van der Waals surface area (Å²) >= 11 is 0. The fraction of sp³-hybridized carbons (Fsp3) is 0.417. The summed E-state index contributed by atoms with van der Waals surface area (Å²) < 4.78 is 0. The van der Waals surface area contributed by atoms with Gasteiger partial charge in [0.25, 0.3) is 5.91 Å². The van der Waals surface area contributed by atoms with Gasteiger partial charge in [-0.3, -0.25) is 4.79 Å². The Hall–Kier alpha value is -1.51. The van der Waals surface area contributed by atoms with Gasteiger partial charge < -0.3 is 11.1 Å². The van der Waals surface area contributed by atoms with Gasteiger partial charge in [0.15, 0.2) is 0 Å². The Bertz CT molecular complexity index is 347. The number of carbonyl (C=O) groups is 1. The van der Waals surface area contributed by atoms with Crippen molar-refractivity contribution in [2.24, 2.45) is 0 Å². The number of anilines is 1. The minimum absolute atomic E-state index is 0.0790. The molecule has 0 aliphatic heterocycles. The molecular weight excluding hydrogens is 188 g/mol. The maximum Gasteiger partial charge on any atom is 0.253 e. The topological polar surface area (TPSA) is 55.1 Å². The summed E-state index contributed by atoms with van der Waals surface area (Å²) in [7, 11) is 0. The molecule has 0 fully saturated rings. The van der Waals surface area contributed by atoms with Crippen LogP contribution < -0.4 is 11.1 Å². The lowest BCUT2D eigenvalue weighted by molar-refractivity contribution is 0.0954. The first kappa shape index (κ1) is 11.6. The van der Waals surface area contributed by atoms with E-state index in [-0.39, 0.29) is 5.91 Å². The number of hydrogen-bond donors (Lipinski definition) is 2. The van der Waals surface area contributed by atoms with Gasteiger partial charge in [-0.05, 0) is 25.0 Å². The van der Waals surface area contributed by atoms with Crippen molar-refractivity contribution in [1.29, 1.82) is 0 Å². The van der Waals surface area contributed by atoms with Gasteiger partial charge in [-0.15, -0.1) is 0 Å². The highest BCUT2D eigenvalue weighted by Crippen LogP contribution is 2.15. The van der Waals surface area contributed by atoms with E-state index in [0.717, 1.165) is 18.4 Å². The van der Waals surface area contributed by atoms with Crippen molar-refractivity contribution in [3.63, 3.8) is 0 Å². The van der Waals surface area contributed by atoms with Gasteiger partial charge in [0.2, 0.25) is 0 Å². The Labute approximate surface area is 90.7 Å². The zero-order valence-electron chi connectivity index (χ0n) is 9.34. The first-order valence-electron chi connectivity index (χ1n) is 5.30. The summed E-state index contributed by atoms with van der Waals surface area (Å²) in [5.74, 6) is -0.0790. The van der Waals surface area contributed by atoms with E-state index < -0.39 is 0 Å². The van der Waals surface area contributed by atoms with Gasteiger partial charge in [0.1, 0.15) is 0 Å². The molecule has 0 radical (unpaired) electrons. The Balaban J connectivity index is 2.69. The third kappa shape index (κ3) is 2.98. The van der Waals surface area contributed by atoms with Crippen LogP contribution in [-0.2, 0) is 0 Å². The van der Waals surface area contributed by atoms with E-state index in [4.69, 9.17) is 5.73 Å². The molecular formula is C12H18N2O. The summed E-state index contributed by atoms with van der Waals surface area (Å²) in [6, 6.07) is 5.50. The maximum atomic E-state index is 11.7. The highest BCUT2D eigenvalue weighted by molar-refractivity contribution is 5.99. The number of benzene rings is 1. The van der Waals surface area contributed by atoms with E-state index in [1.807, 2.05) is 19.1 Å². The molecule has 1 aromatic carbocycles. The van der Waals surface area contributed by atoms with Gasteiger partial charge in [0, 0.05) is 12.2 Å². The van der Waals surface area contributed by atoms with Crippen molar-refractivity contribution in [1.82, 2.24) is 5.32 Å². The lowest BCUT2D eigenvalue weighted by Crippen LogP contribution is -2.25. The van der Waals surface area contributed by atoms with Crippen LogP contribution in [0.25, 0.3) is 0 Å². The van der Waals surface area contributed by atoms with Crippen LogP contribution >= 0.6 is 0 Å². The fourth-order valence-electron chi connectivity index (χ4n) is 1.35. The zero-order valence-corrected chi connectivity index (χ0v) is 9.34. The van der Waals surface area contributed by atoms with Crippen LogP contribution in [0.3, 0.4) is 0 Å². The average molecular weight is 206 g/mol. The minimum Gasteiger partial charge on any atom is -0.398 e. The van der Waals surface area contributed by atoms with E-state index >= 15 is 0 Å². The number of hydrogen-bond acceptors (Lipinski definition) is 2. The lowest BCUT2D eigenvalue weighted by Gasteiger charge is -2.08. The quantitative estimate of drug-likeness (QED) is 0.585. The summed E-state index contributed by atoms with van der Waals surface area (Å²) in [6.45, 7) is 4.70. The second-order valence-corrected chi connectivity index (χ2v) is 3.65. The van der Waals surface area contributed by atoms with Gasteiger partial charge in [-0.1, -0.05) is 25.5 Å². The van der Waals surface area contributed by atoms with Crippen molar-refractivity contribution in [3.8, 4) is 0 Å². The molecule has 0 heterocycles. The molecule has 3 heteroatoms. The molecule has 15 heavy (non-hydrogen) atoms. The van der Waals surface area contributed by atoms with E-state index in [2.05, 4.69) is 12.2 Å². The van der Waals surface area contributed by atoms with Crippen molar-refractivity contribution < 1.29 is 4.79 Å². The molecule has 1 amide bonds. The average Bonchev–Trinajstić information content (AvgIpc) is 2.22. The number of nitrogen functional groups attached to an aromatic ring is 1. The number of aryl methyl sites for hydroxylation is 1. The van der Waals surface area contributed by atoms with Crippen LogP contribution in [0, 0.1) is 6.92 Å². The van der Waals surface area contributed by atoms with Crippen molar-refractivity contribution in [2.75, 3.05) is 12.3 Å². The Morgan fingerprint density at radius 1 is 1.47 bits per heavy atom. The second-order valence-electron chi connectivity index (χ2n) is 3.65. The molecule has 0 aliphatic rings. The molecule has 0 bridgehead atoms. The van der Waals surface area contributed by atoms with Gasteiger partial charge >= 0.3 is 0 Å². The fourth-order valence-corrected chi connectivity index (χ4v) is 1.35. The summed E-state index contributed by atoms with van der Waals surface area (Å²) in [6.07, 6.45) is 2.07. The number of nitrogens with two attached hydrogens (primary N) is 1. The van der Waals surface area contributed by atoms with E-state index in [0.29, 0.717) is 17.8 Å². The van der Waals surface area contributed by atoms with Crippen LogP contribution in [0.4, 0.5) is 5.69 Å². The number of carbonyl (C=O) groups excluding carboxylic acids is 1. The SMILES string of the molecule is CCCCNC(=O)c1cccc(C)c1N. The third-order valence-electron chi connectivity index (χ3n) is 2.38. The van der Waals surface area contributed by atoms with Crippen LogP contribution in [0.2, 0.25) is 0 Å². The predicted molar refractivity (Wildman–Crippen MR) is 62.8 cm³/mol. The third-order valence-corrected chi connectivity index (χ3v) is 2.38. The Morgan fingerprint density at radius 2 is 2.20 bits per heavy atom. The molecule has 0 saturated heterocycles. The normalized spacial score (nSPS) is 10.0. The van der Waals surface area contributed by atoms with Gasteiger partial charge in [0.05, 0.1) is 5.56 Å². The molecule has 3 N–H and O–H groups in total. The number of amides is 1. The lowest BCUT2D eigenvalue weighted by atomic mass is 10.1. The highest BCUT2D eigenvalue weighted by atomic mass is 16.1. The molecule has 3 nitrogen and oxygen atoms in total. The van der Waals surface area contributed by atoms with Gasteiger partial charge in [-0.25, -0.2) is 0 Å². The second kappa shape index (κ2) is 5.39. The Kier molecular flexibility index (Phi) is 4.16. The molecule has 0 unspecified atom stereocenters. The molecule has 0 atom stereocenters. The summed E-state index contributed by atoms with van der Waals surface area (Å²) in [5, 5.41) is 2.85. The van der Waals surface area contributed by atoms with E-state index in [9.17, 15) is 4.79 Å². The molecule has 0 spiro atoms. The van der Waals surface area contributed by atoms with Crippen molar-refractivity contribution >= 4 is 11.6 Å². The molecule has 0 saturated carbocycles. The van der Waals surface area contributed by atoms with E-state index in [1.54, 1.807) is 6.07 Å². The smallest absolute Gasteiger partial charge is 0.253 e. The van der Waals surface area contributed by atoms with Crippen LogP contribution in [0.5, 0.6) is 0 Å². The molecule has 0 aromatic heterocycles. The van der Waals surface area contributed by atoms with Crippen molar-refractivity contribution in [2.45, 2.75) is 26.7 Å². The molecule has 1 rings (SSSR count). The van der Waals surface area contributed by atoms with Crippen LogP contribution in [0.1, 0.15) is 35.7 Å². The first-order valence-corrected chi connectivity index (χ1v) is 5.30. The van der Waals surface area contributed by atoms with Crippen LogP contribution in [-0.4, -0.2) is 12.5 Å². The standard InChI is InChI=1S/C12H18N2O/c1-3-4-8-14-12(15)10-7-5-6-9(2)11(10)13/h5-7H,3-4,8,13H2,1-2H3,(H,14,15). The zero-order chi connectivity index (χ0) is 11.3. The minimum atomic E-state index is -0.0790. The highest BCUT2D eigenvalue weighted by Gasteiger charge is 2.09. The number of rotatable bonds is 4. The summed E-state index contributed by atoms with van der Waals surface area (Å²) in [4.78, 5) is 11.7. The number of unbranched alkanes of at least 4 members (excludes halogenated alkanes) is 1. The largest absolute Gasteiger partial charge is 0.398 e. The Morgan fingerprint density at radius 3 is 2.87 bits per heavy atom. The molecule has 1 aromatic rings. The van der Waals surface area contributed by atoms with Crippen LogP contribution in [0.15, 0.2) is 18.2 Å². The predicted octanol–water partition coefficient (Wildman–Crippen LogP) is 2.11. The monoisotopic (exact) mass is 206 g/mol. The first-order chi connectivity index (χ1) is 7.16. The van der Waals surface area contributed by atoms with Gasteiger partial charge in [-0.2, -0.15) is 0 Å². The number of nitrogens with one attached hydrogen (secondary N) is 1. The number of para-hydroxylation sites is 1. The van der Waals surface area contributed by atoms with Crippen molar-refractivity contribution in [3.05, 3.63) is 29.3 Å². The maximum absolute atomic E-state index is 11.7. The summed E-state index contributed by atoms with van der Waals surface area (Å²) in [5.41, 5.74) is 7.92.